The van der Waals surface area contributed by atoms with Crippen molar-refractivity contribution < 1.29 is 27.4 Å². The van der Waals surface area contributed by atoms with Gasteiger partial charge in [-0.05, 0) is 38.2 Å². The molecule has 0 saturated carbocycles. The second kappa shape index (κ2) is 7.16. The number of alkyl halides is 3. The topological polar surface area (TPSA) is 64.8 Å². The summed E-state index contributed by atoms with van der Waals surface area (Å²) in [5.41, 5.74) is 5.16. The molecule has 2 N–H and O–H groups in total. The van der Waals surface area contributed by atoms with Crippen molar-refractivity contribution in [1.29, 1.82) is 0 Å². The predicted octanol–water partition coefficient (Wildman–Crippen LogP) is 1.77. The number of hydrogen-bond donors (Lipinski definition) is 1. The van der Waals surface area contributed by atoms with Crippen molar-refractivity contribution in [2.24, 2.45) is 5.73 Å². The molecule has 0 fully saturated rings. The van der Waals surface area contributed by atoms with Gasteiger partial charge in [-0.25, -0.2) is 0 Å². The lowest BCUT2D eigenvalue weighted by Crippen LogP contribution is -2.41. The van der Waals surface area contributed by atoms with Crippen LogP contribution < -0.4 is 15.2 Å². The van der Waals surface area contributed by atoms with Gasteiger partial charge < -0.3 is 15.2 Å². The van der Waals surface area contributed by atoms with Crippen LogP contribution in [0.25, 0.3) is 0 Å². The molecular formula is C13H17F3N2O3. The summed E-state index contributed by atoms with van der Waals surface area (Å²) in [6.45, 7) is 2.39. The highest BCUT2D eigenvalue weighted by molar-refractivity contribution is 5.79. The molecule has 1 aromatic rings. The van der Waals surface area contributed by atoms with Gasteiger partial charge in [-0.1, -0.05) is 0 Å². The monoisotopic (exact) mass is 306 g/mol. The normalized spacial score (nSPS) is 13.0. The van der Waals surface area contributed by atoms with E-state index in [0.717, 1.165) is 0 Å². The summed E-state index contributed by atoms with van der Waals surface area (Å²) in [5, 5.41) is 0. The molecule has 0 aromatic heterocycles. The second-order valence-corrected chi connectivity index (χ2v) is 4.43. The molecule has 0 saturated heterocycles. The third-order valence-corrected chi connectivity index (χ3v) is 2.84. The number of carbonyl (C=O) groups is 1. The molecule has 0 aliphatic rings. The van der Waals surface area contributed by atoms with Crippen LogP contribution in [-0.4, -0.2) is 43.4 Å². The third-order valence-electron chi connectivity index (χ3n) is 2.84. The number of halogens is 3. The fraction of sp³-hybridized carbons (Fsp3) is 0.462. The fourth-order valence-electron chi connectivity index (χ4n) is 1.46. The standard InChI is InChI=1S/C13H17F3N2O3/c1-9(12(17)19)18(2)7-8-20-10-3-5-11(6-4-10)21-13(14,15)16/h3-6,9H,7-8H2,1-2H3,(H2,17,19)/t9-/m1/s1. The Morgan fingerprint density at radius 2 is 1.81 bits per heavy atom. The Hall–Kier alpha value is -1.96. The number of nitrogens with zero attached hydrogens (tertiary/aromatic N) is 1. The first-order valence-corrected chi connectivity index (χ1v) is 6.17. The third kappa shape index (κ3) is 6.35. The van der Waals surface area contributed by atoms with Gasteiger partial charge >= 0.3 is 6.36 Å². The largest absolute Gasteiger partial charge is 0.573 e. The Bertz CT molecular complexity index is 463. The van der Waals surface area contributed by atoms with Crippen molar-refractivity contribution in [1.82, 2.24) is 4.90 Å². The maximum absolute atomic E-state index is 12.0. The molecule has 0 aliphatic heterocycles. The summed E-state index contributed by atoms with van der Waals surface area (Å²) in [6.07, 6.45) is -4.71. The first-order chi connectivity index (χ1) is 9.69. The van der Waals surface area contributed by atoms with Crippen molar-refractivity contribution in [3.8, 4) is 11.5 Å². The highest BCUT2D eigenvalue weighted by Gasteiger charge is 2.30. The van der Waals surface area contributed by atoms with Gasteiger partial charge in [-0.3, -0.25) is 9.69 Å². The highest BCUT2D eigenvalue weighted by Crippen LogP contribution is 2.24. The molecule has 5 nitrogen and oxygen atoms in total. The van der Waals surface area contributed by atoms with E-state index in [9.17, 15) is 18.0 Å². The zero-order valence-corrected chi connectivity index (χ0v) is 11.7. The van der Waals surface area contributed by atoms with Crippen LogP contribution in [0, 0.1) is 0 Å². The lowest BCUT2D eigenvalue weighted by Gasteiger charge is -2.21. The lowest BCUT2D eigenvalue weighted by atomic mass is 10.3. The molecule has 1 amide bonds. The Labute approximate surface area is 120 Å². The number of benzene rings is 1. The molecule has 0 unspecified atom stereocenters. The van der Waals surface area contributed by atoms with E-state index in [2.05, 4.69) is 4.74 Å². The van der Waals surface area contributed by atoms with Gasteiger partial charge in [0.2, 0.25) is 5.91 Å². The summed E-state index contributed by atoms with van der Waals surface area (Å²) in [4.78, 5) is 12.7. The maximum atomic E-state index is 12.0. The summed E-state index contributed by atoms with van der Waals surface area (Å²) >= 11 is 0. The minimum atomic E-state index is -4.71. The van der Waals surface area contributed by atoms with Crippen LogP contribution in [0.1, 0.15) is 6.92 Å². The number of hydrogen-bond acceptors (Lipinski definition) is 4. The van der Waals surface area contributed by atoms with Gasteiger partial charge in [0.1, 0.15) is 18.1 Å². The van der Waals surface area contributed by atoms with Crippen molar-refractivity contribution >= 4 is 5.91 Å². The Kier molecular flexibility index (Phi) is 5.83. The average Bonchev–Trinajstić information content (AvgIpc) is 2.38. The average molecular weight is 306 g/mol. The van der Waals surface area contributed by atoms with E-state index in [-0.39, 0.29) is 12.4 Å². The van der Waals surface area contributed by atoms with Crippen molar-refractivity contribution in [2.45, 2.75) is 19.3 Å². The maximum Gasteiger partial charge on any atom is 0.573 e. The molecule has 1 aromatic carbocycles. The van der Waals surface area contributed by atoms with Crippen molar-refractivity contribution in [3.63, 3.8) is 0 Å². The second-order valence-electron chi connectivity index (χ2n) is 4.43. The molecule has 0 spiro atoms. The minimum absolute atomic E-state index is 0.271. The molecule has 118 valence electrons. The van der Waals surface area contributed by atoms with Crippen LogP contribution >= 0.6 is 0 Å². The van der Waals surface area contributed by atoms with Gasteiger partial charge in [0.25, 0.3) is 0 Å². The number of ether oxygens (including phenoxy) is 2. The molecule has 21 heavy (non-hydrogen) atoms. The number of primary amides is 1. The lowest BCUT2D eigenvalue weighted by molar-refractivity contribution is -0.274. The van der Waals surface area contributed by atoms with E-state index in [1.807, 2.05) is 0 Å². The highest BCUT2D eigenvalue weighted by atomic mass is 19.4. The van der Waals surface area contributed by atoms with E-state index in [4.69, 9.17) is 10.5 Å². The molecule has 0 aliphatic carbocycles. The van der Waals surface area contributed by atoms with Gasteiger partial charge in [0.15, 0.2) is 0 Å². The Morgan fingerprint density at radius 1 is 1.29 bits per heavy atom. The van der Waals surface area contributed by atoms with Crippen LogP contribution in [0.15, 0.2) is 24.3 Å². The van der Waals surface area contributed by atoms with Gasteiger partial charge in [0, 0.05) is 6.54 Å². The smallest absolute Gasteiger partial charge is 0.492 e. The van der Waals surface area contributed by atoms with Crippen LogP contribution in [0.5, 0.6) is 11.5 Å². The summed E-state index contributed by atoms with van der Waals surface area (Å²) in [5.74, 6) is -0.342. The van der Waals surface area contributed by atoms with Crippen LogP contribution in [0.4, 0.5) is 13.2 Å². The molecular weight excluding hydrogens is 289 g/mol. The molecule has 8 heteroatoms. The SMILES string of the molecule is C[C@H](C(N)=O)N(C)CCOc1ccc(OC(F)(F)F)cc1. The van der Waals surface area contributed by atoms with E-state index in [0.29, 0.717) is 12.3 Å². The zero-order chi connectivity index (χ0) is 16.0. The van der Waals surface area contributed by atoms with Gasteiger partial charge in [-0.2, -0.15) is 0 Å². The quantitative estimate of drug-likeness (QED) is 0.834. The van der Waals surface area contributed by atoms with Crippen LogP contribution in [0.2, 0.25) is 0 Å². The van der Waals surface area contributed by atoms with Crippen molar-refractivity contribution in [3.05, 3.63) is 24.3 Å². The molecule has 0 heterocycles. The fourth-order valence-corrected chi connectivity index (χ4v) is 1.46. The summed E-state index contributed by atoms with van der Waals surface area (Å²) in [6, 6.07) is 4.66. The first-order valence-electron chi connectivity index (χ1n) is 6.17. The molecule has 1 rings (SSSR count). The van der Waals surface area contributed by atoms with Crippen molar-refractivity contribution in [2.75, 3.05) is 20.2 Å². The van der Waals surface area contributed by atoms with E-state index < -0.39 is 18.3 Å². The zero-order valence-electron chi connectivity index (χ0n) is 11.7. The number of nitrogens with two attached hydrogens (primary N) is 1. The molecule has 0 radical (unpaired) electrons. The van der Waals surface area contributed by atoms with Gasteiger partial charge in [-0.15, -0.1) is 13.2 Å². The Morgan fingerprint density at radius 3 is 2.29 bits per heavy atom. The van der Waals surface area contributed by atoms with E-state index in [1.165, 1.54) is 24.3 Å². The van der Waals surface area contributed by atoms with E-state index >= 15 is 0 Å². The van der Waals surface area contributed by atoms with E-state index in [1.54, 1.807) is 18.9 Å². The molecule has 1 atom stereocenters. The van der Waals surface area contributed by atoms with Crippen LogP contribution in [0.3, 0.4) is 0 Å². The summed E-state index contributed by atoms with van der Waals surface area (Å²) in [7, 11) is 1.72. The number of likely N-dealkylation sites (N-methyl/N-ethyl adjacent to an activating group) is 1. The van der Waals surface area contributed by atoms with Gasteiger partial charge in [0.05, 0.1) is 6.04 Å². The molecule has 0 bridgehead atoms. The predicted molar refractivity (Wildman–Crippen MR) is 69.9 cm³/mol. The number of carbonyl (C=O) groups excluding carboxylic acids is 1. The summed E-state index contributed by atoms with van der Waals surface area (Å²) < 4.78 is 45.0. The number of amides is 1. The Balaban J connectivity index is 2.41. The minimum Gasteiger partial charge on any atom is -0.492 e. The number of rotatable bonds is 7. The van der Waals surface area contributed by atoms with Crippen LogP contribution in [-0.2, 0) is 4.79 Å². The first kappa shape index (κ1) is 17.1.